The van der Waals surface area contributed by atoms with Gasteiger partial charge in [0.05, 0.1) is 6.61 Å². The molecule has 1 saturated heterocycles. The zero-order valence-corrected chi connectivity index (χ0v) is 10.5. The van der Waals surface area contributed by atoms with E-state index in [9.17, 15) is 4.79 Å². The molecule has 0 aromatic heterocycles. The highest BCUT2D eigenvalue weighted by Gasteiger charge is 2.24. The van der Waals surface area contributed by atoms with Crippen molar-refractivity contribution in [3.63, 3.8) is 0 Å². The molecule has 1 aromatic carbocycles. The number of rotatable bonds is 3. The van der Waals surface area contributed by atoms with Gasteiger partial charge in [-0.1, -0.05) is 24.3 Å². The number of nitrogens with zero attached hydrogens (tertiary/aromatic N) is 1. The lowest BCUT2D eigenvalue weighted by atomic mass is 10.0. The number of benzene rings is 1. The fourth-order valence-corrected chi connectivity index (χ4v) is 2.08. The summed E-state index contributed by atoms with van der Waals surface area (Å²) < 4.78 is 5.53. The Bertz CT molecular complexity index is 403. The second-order valence-corrected chi connectivity index (χ2v) is 4.69. The molecule has 17 heavy (non-hydrogen) atoms. The summed E-state index contributed by atoms with van der Waals surface area (Å²) in [6, 6.07) is 8.02. The highest BCUT2D eigenvalue weighted by atomic mass is 16.5. The molecule has 0 saturated carbocycles. The predicted octanol–water partition coefficient (Wildman–Crippen LogP) is 1.44. The van der Waals surface area contributed by atoms with Crippen LogP contribution in [0.15, 0.2) is 24.3 Å². The molecular weight excluding hydrogens is 214 g/mol. The molecule has 1 fully saturated rings. The second-order valence-electron chi connectivity index (χ2n) is 4.69. The van der Waals surface area contributed by atoms with Crippen molar-refractivity contribution >= 4 is 5.78 Å². The quantitative estimate of drug-likeness (QED) is 0.791. The van der Waals surface area contributed by atoms with Crippen LogP contribution in [0.3, 0.4) is 0 Å². The van der Waals surface area contributed by atoms with Gasteiger partial charge >= 0.3 is 0 Å². The molecule has 0 aliphatic carbocycles. The third-order valence-electron chi connectivity index (χ3n) is 3.25. The van der Waals surface area contributed by atoms with Gasteiger partial charge in [0.25, 0.3) is 0 Å². The number of carbonyl (C=O) groups excluding carboxylic acids is 1. The SMILES string of the molecule is Cc1ccccc1CC(=O)C1CN(C)CCO1. The van der Waals surface area contributed by atoms with E-state index in [4.69, 9.17) is 4.74 Å². The number of ketones is 1. The number of Topliss-reactive ketones (excluding diaryl/α,β-unsaturated/α-hetero) is 1. The van der Waals surface area contributed by atoms with Crippen LogP contribution in [-0.2, 0) is 16.0 Å². The third kappa shape index (κ3) is 3.14. The van der Waals surface area contributed by atoms with E-state index in [1.807, 2.05) is 38.2 Å². The summed E-state index contributed by atoms with van der Waals surface area (Å²) in [6.07, 6.45) is 0.221. The third-order valence-corrected chi connectivity index (χ3v) is 3.25. The second kappa shape index (κ2) is 5.43. The number of morpholine rings is 1. The van der Waals surface area contributed by atoms with Crippen LogP contribution in [-0.4, -0.2) is 43.5 Å². The van der Waals surface area contributed by atoms with Gasteiger partial charge < -0.3 is 9.64 Å². The summed E-state index contributed by atoms with van der Waals surface area (Å²) in [7, 11) is 2.02. The predicted molar refractivity (Wildman–Crippen MR) is 67.1 cm³/mol. The standard InChI is InChI=1S/C14H19NO2/c1-11-5-3-4-6-12(11)9-13(16)14-10-15(2)7-8-17-14/h3-6,14H,7-10H2,1-2H3. The van der Waals surface area contributed by atoms with Gasteiger partial charge in [-0.05, 0) is 25.1 Å². The first-order valence-corrected chi connectivity index (χ1v) is 6.04. The molecule has 2 rings (SSSR count). The van der Waals surface area contributed by atoms with Crippen molar-refractivity contribution in [1.29, 1.82) is 0 Å². The molecule has 1 atom stereocenters. The van der Waals surface area contributed by atoms with Crippen molar-refractivity contribution in [3.8, 4) is 0 Å². The van der Waals surface area contributed by atoms with Crippen molar-refractivity contribution in [2.75, 3.05) is 26.7 Å². The van der Waals surface area contributed by atoms with E-state index >= 15 is 0 Å². The molecule has 1 aromatic rings. The average Bonchev–Trinajstić information content (AvgIpc) is 2.32. The topological polar surface area (TPSA) is 29.5 Å². The minimum atomic E-state index is -0.256. The lowest BCUT2D eigenvalue weighted by Crippen LogP contribution is -2.44. The Morgan fingerprint density at radius 2 is 2.24 bits per heavy atom. The van der Waals surface area contributed by atoms with E-state index in [0.29, 0.717) is 19.6 Å². The molecule has 3 heteroatoms. The molecule has 1 unspecified atom stereocenters. The van der Waals surface area contributed by atoms with Gasteiger partial charge in [0.2, 0.25) is 0 Å². The van der Waals surface area contributed by atoms with Crippen molar-refractivity contribution < 1.29 is 9.53 Å². The molecule has 1 heterocycles. The molecule has 3 nitrogen and oxygen atoms in total. The molecule has 1 aliphatic rings. The van der Waals surface area contributed by atoms with E-state index < -0.39 is 0 Å². The lowest BCUT2D eigenvalue weighted by Gasteiger charge is -2.29. The molecule has 0 amide bonds. The summed E-state index contributed by atoms with van der Waals surface area (Å²) in [6.45, 7) is 4.32. The molecule has 92 valence electrons. The van der Waals surface area contributed by atoms with Crippen molar-refractivity contribution in [2.24, 2.45) is 0 Å². The maximum Gasteiger partial charge on any atom is 0.167 e. The minimum Gasteiger partial charge on any atom is -0.368 e. The minimum absolute atomic E-state index is 0.186. The van der Waals surface area contributed by atoms with Crippen LogP contribution < -0.4 is 0 Å². The van der Waals surface area contributed by atoms with E-state index in [1.54, 1.807) is 0 Å². The highest BCUT2D eigenvalue weighted by Crippen LogP contribution is 2.12. The summed E-state index contributed by atoms with van der Waals surface area (Å²) in [5.74, 6) is 0.186. The molecular formula is C14H19NO2. The zero-order chi connectivity index (χ0) is 12.3. The van der Waals surface area contributed by atoms with Gasteiger partial charge in [0.15, 0.2) is 5.78 Å². The molecule has 0 spiro atoms. The van der Waals surface area contributed by atoms with E-state index in [0.717, 1.165) is 12.1 Å². The number of ether oxygens (including phenoxy) is 1. The van der Waals surface area contributed by atoms with Crippen LogP contribution in [0.25, 0.3) is 0 Å². The van der Waals surface area contributed by atoms with Crippen LogP contribution in [0.4, 0.5) is 0 Å². The Morgan fingerprint density at radius 1 is 1.47 bits per heavy atom. The Balaban J connectivity index is 1.99. The van der Waals surface area contributed by atoms with Gasteiger partial charge in [-0.3, -0.25) is 4.79 Å². The first-order chi connectivity index (χ1) is 8.16. The monoisotopic (exact) mass is 233 g/mol. The Kier molecular flexibility index (Phi) is 3.92. The maximum atomic E-state index is 12.1. The fourth-order valence-electron chi connectivity index (χ4n) is 2.08. The first kappa shape index (κ1) is 12.3. The Hall–Kier alpha value is -1.19. The van der Waals surface area contributed by atoms with Gasteiger partial charge in [0, 0.05) is 19.5 Å². The van der Waals surface area contributed by atoms with Gasteiger partial charge in [-0.2, -0.15) is 0 Å². The van der Waals surface area contributed by atoms with Crippen LogP contribution in [0.1, 0.15) is 11.1 Å². The summed E-state index contributed by atoms with van der Waals surface area (Å²) >= 11 is 0. The van der Waals surface area contributed by atoms with Crippen molar-refractivity contribution in [3.05, 3.63) is 35.4 Å². The van der Waals surface area contributed by atoms with E-state index in [2.05, 4.69) is 4.90 Å². The van der Waals surface area contributed by atoms with E-state index in [1.165, 1.54) is 5.56 Å². The normalized spacial score (nSPS) is 21.4. The van der Waals surface area contributed by atoms with Crippen LogP contribution >= 0.6 is 0 Å². The van der Waals surface area contributed by atoms with Crippen molar-refractivity contribution in [2.45, 2.75) is 19.4 Å². The maximum absolute atomic E-state index is 12.1. The number of carbonyl (C=O) groups is 1. The average molecular weight is 233 g/mol. The smallest absolute Gasteiger partial charge is 0.167 e. The van der Waals surface area contributed by atoms with Gasteiger partial charge in [-0.15, -0.1) is 0 Å². The summed E-state index contributed by atoms with van der Waals surface area (Å²) in [5, 5.41) is 0. The van der Waals surface area contributed by atoms with Gasteiger partial charge in [-0.25, -0.2) is 0 Å². The fraction of sp³-hybridized carbons (Fsp3) is 0.500. The van der Waals surface area contributed by atoms with Gasteiger partial charge in [0.1, 0.15) is 6.10 Å². The largest absolute Gasteiger partial charge is 0.368 e. The Labute approximate surface area is 102 Å². The van der Waals surface area contributed by atoms with Crippen LogP contribution in [0, 0.1) is 6.92 Å². The zero-order valence-electron chi connectivity index (χ0n) is 10.5. The van der Waals surface area contributed by atoms with Crippen molar-refractivity contribution in [1.82, 2.24) is 4.90 Å². The summed E-state index contributed by atoms with van der Waals surface area (Å²) in [4.78, 5) is 14.3. The molecule has 0 bridgehead atoms. The molecule has 1 aliphatic heterocycles. The van der Waals surface area contributed by atoms with Crippen LogP contribution in [0.2, 0.25) is 0 Å². The molecule has 0 radical (unpaired) electrons. The highest BCUT2D eigenvalue weighted by molar-refractivity contribution is 5.85. The lowest BCUT2D eigenvalue weighted by molar-refractivity contribution is -0.134. The molecule has 0 N–H and O–H groups in total. The number of likely N-dealkylation sites (N-methyl/N-ethyl adjacent to an activating group) is 1. The first-order valence-electron chi connectivity index (χ1n) is 6.04. The van der Waals surface area contributed by atoms with Crippen LogP contribution in [0.5, 0.6) is 0 Å². The Morgan fingerprint density at radius 3 is 2.94 bits per heavy atom. The summed E-state index contributed by atoms with van der Waals surface area (Å²) in [5.41, 5.74) is 2.28. The number of aryl methyl sites for hydroxylation is 1. The van der Waals surface area contributed by atoms with E-state index in [-0.39, 0.29) is 11.9 Å². The number of hydrogen-bond donors (Lipinski definition) is 0. The number of hydrogen-bond acceptors (Lipinski definition) is 3.